The van der Waals surface area contributed by atoms with Gasteiger partial charge in [0.05, 0.1) is 6.04 Å². The lowest BCUT2D eigenvalue weighted by molar-refractivity contribution is 0.238. The van der Waals surface area contributed by atoms with E-state index in [-0.39, 0.29) is 12.1 Å². The van der Waals surface area contributed by atoms with Crippen LogP contribution in [0.15, 0.2) is 28.7 Å². The summed E-state index contributed by atoms with van der Waals surface area (Å²) in [6.07, 6.45) is 0. The van der Waals surface area contributed by atoms with Gasteiger partial charge in [-0.15, -0.1) is 0 Å². The van der Waals surface area contributed by atoms with E-state index in [9.17, 15) is 4.79 Å². The first-order valence-electron chi connectivity index (χ1n) is 4.16. The summed E-state index contributed by atoms with van der Waals surface area (Å²) in [5.41, 5.74) is 3.04. The van der Waals surface area contributed by atoms with Gasteiger partial charge in [-0.25, -0.2) is 10.6 Å². The monoisotopic (exact) mass is 257 g/mol. The van der Waals surface area contributed by atoms with Crippen molar-refractivity contribution in [3.05, 3.63) is 34.3 Å². The summed E-state index contributed by atoms with van der Waals surface area (Å²) in [6, 6.07) is 7.27. The fourth-order valence-corrected chi connectivity index (χ4v) is 1.34. The van der Waals surface area contributed by atoms with Crippen molar-refractivity contribution in [1.82, 2.24) is 10.7 Å². The summed E-state index contributed by atoms with van der Waals surface area (Å²) in [5.74, 6) is 4.95. The Labute approximate surface area is 91.0 Å². The van der Waals surface area contributed by atoms with E-state index in [4.69, 9.17) is 5.84 Å². The van der Waals surface area contributed by atoms with Gasteiger partial charge in [0.1, 0.15) is 0 Å². The molecule has 0 aliphatic heterocycles. The SMILES string of the molecule is CC(NC(=O)NN)c1ccc(Br)cc1. The molecule has 1 atom stereocenters. The minimum atomic E-state index is -0.389. The quantitative estimate of drug-likeness (QED) is 0.429. The number of urea groups is 1. The summed E-state index contributed by atoms with van der Waals surface area (Å²) in [7, 11) is 0. The molecular weight excluding hydrogens is 246 g/mol. The normalized spacial score (nSPS) is 11.9. The molecule has 1 rings (SSSR count). The number of hydrazine groups is 1. The number of nitrogens with two attached hydrogens (primary N) is 1. The molecule has 1 unspecified atom stereocenters. The summed E-state index contributed by atoms with van der Waals surface area (Å²) in [5, 5.41) is 2.67. The zero-order valence-electron chi connectivity index (χ0n) is 7.75. The Morgan fingerprint density at radius 3 is 2.50 bits per heavy atom. The molecule has 4 N–H and O–H groups in total. The van der Waals surface area contributed by atoms with E-state index in [0.717, 1.165) is 10.0 Å². The largest absolute Gasteiger partial charge is 0.331 e. The van der Waals surface area contributed by atoms with Gasteiger partial charge in [0, 0.05) is 4.47 Å². The summed E-state index contributed by atoms with van der Waals surface area (Å²) in [4.78, 5) is 10.9. The molecule has 4 nitrogen and oxygen atoms in total. The van der Waals surface area contributed by atoms with E-state index < -0.39 is 0 Å². The van der Waals surface area contributed by atoms with Gasteiger partial charge in [0.15, 0.2) is 0 Å². The fourth-order valence-electron chi connectivity index (χ4n) is 1.07. The predicted octanol–water partition coefficient (Wildman–Crippen LogP) is 1.68. The average Bonchev–Trinajstić information content (AvgIpc) is 2.18. The molecule has 76 valence electrons. The third kappa shape index (κ3) is 3.01. The predicted molar refractivity (Wildman–Crippen MR) is 58.4 cm³/mol. The van der Waals surface area contributed by atoms with Crippen LogP contribution in [0.3, 0.4) is 0 Å². The molecule has 0 bridgehead atoms. The molecule has 0 saturated carbocycles. The van der Waals surface area contributed by atoms with Gasteiger partial charge in [0.25, 0.3) is 0 Å². The average molecular weight is 258 g/mol. The molecule has 0 saturated heterocycles. The van der Waals surface area contributed by atoms with E-state index in [1.807, 2.05) is 36.6 Å². The van der Waals surface area contributed by atoms with Crippen molar-refractivity contribution in [1.29, 1.82) is 0 Å². The van der Waals surface area contributed by atoms with Gasteiger partial charge in [0.2, 0.25) is 0 Å². The highest BCUT2D eigenvalue weighted by molar-refractivity contribution is 9.10. The van der Waals surface area contributed by atoms with Crippen LogP contribution in [0.5, 0.6) is 0 Å². The number of nitrogens with one attached hydrogen (secondary N) is 2. The first-order valence-corrected chi connectivity index (χ1v) is 4.95. The van der Waals surface area contributed by atoms with Crippen LogP contribution in [0, 0.1) is 0 Å². The number of rotatable bonds is 2. The van der Waals surface area contributed by atoms with Gasteiger partial charge >= 0.3 is 6.03 Å². The number of benzene rings is 1. The maximum atomic E-state index is 10.9. The molecule has 0 aliphatic rings. The molecule has 0 radical (unpaired) electrons. The lowest BCUT2D eigenvalue weighted by Crippen LogP contribution is -2.40. The third-order valence-electron chi connectivity index (χ3n) is 1.85. The van der Waals surface area contributed by atoms with Crippen LogP contribution in [-0.2, 0) is 0 Å². The molecule has 0 spiro atoms. The van der Waals surface area contributed by atoms with Crippen molar-refractivity contribution in [3.8, 4) is 0 Å². The van der Waals surface area contributed by atoms with Crippen molar-refractivity contribution < 1.29 is 4.79 Å². The zero-order valence-corrected chi connectivity index (χ0v) is 9.34. The molecule has 0 aromatic heterocycles. The molecule has 2 amide bonds. The first kappa shape index (κ1) is 11.0. The second kappa shape index (κ2) is 4.97. The van der Waals surface area contributed by atoms with E-state index in [1.165, 1.54) is 0 Å². The van der Waals surface area contributed by atoms with Crippen LogP contribution in [0.1, 0.15) is 18.5 Å². The van der Waals surface area contributed by atoms with E-state index in [2.05, 4.69) is 21.2 Å². The highest BCUT2D eigenvalue weighted by atomic mass is 79.9. The van der Waals surface area contributed by atoms with Gasteiger partial charge in [-0.3, -0.25) is 5.43 Å². The lowest BCUT2D eigenvalue weighted by atomic mass is 10.1. The highest BCUT2D eigenvalue weighted by Gasteiger charge is 2.07. The smallest absolute Gasteiger partial charge is 0.329 e. The highest BCUT2D eigenvalue weighted by Crippen LogP contribution is 2.16. The zero-order chi connectivity index (χ0) is 10.6. The molecule has 5 heteroatoms. The Hall–Kier alpha value is -1.07. The molecule has 0 aliphatic carbocycles. The minimum absolute atomic E-state index is 0.0633. The maximum absolute atomic E-state index is 10.9. The third-order valence-corrected chi connectivity index (χ3v) is 2.38. The van der Waals surface area contributed by atoms with Crippen LogP contribution in [-0.4, -0.2) is 6.03 Å². The lowest BCUT2D eigenvalue weighted by Gasteiger charge is -2.13. The van der Waals surface area contributed by atoms with Crippen LogP contribution >= 0.6 is 15.9 Å². The van der Waals surface area contributed by atoms with Crippen LogP contribution in [0.25, 0.3) is 0 Å². The Balaban J connectivity index is 2.65. The van der Waals surface area contributed by atoms with Gasteiger partial charge in [-0.2, -0.15) is 0 Å². The van der Waals surface area contributed by atoms with Crippen molar-refractivity contribution in [3.63, 3.8) is 0 Å². The van der Waals surface area contributed by atoms with Gasteiger partial charge < -0.3 is 5.32 Å². The molecular formula is C9H12BrN3O. The summed E-state index contributed by atoms with van der Waals surface area (Å²) >= 11 is 3.34. The van der Waals surface area contributed by atoms with Crippen molar-refractivity contribution in [2.75, 3.05) is 0 Å². The van der Waals surface area contributed by atoms with Crippen LogP contribution in [0.2, 0.25) is 0 Å². The van der Waals surface area contributed by atoms with Gasteiger partial charge in [-0.1, -0.05) is 28.1 Å². The van der Waals surface area contributed by atoms with Crippen LogP contribution < -0.4 is 16.6 Å². The van der Waals surface area contributed by atoms with E-state index >= 15 is 0 Å². The number of amides is 2. The maximum Gasteiger partial charge on any atom is 0.329 e. The van der Waals surface area contributed by atoms with Crippen LogP contribution in [0.4, 0.5) is 4.79 Å². The Morgan fingerprint density at radius 1 is 1.43 bits per heavy atom. The summed E-state index contributed by atoms with van der Waals surface area (Å²) < 4.78 is 1.01. The second-order valence-electron chi connectivity index (χ2n) is 2.89. The molecule has 0 heterocycles. The van der Waals surface area contributed by atoms with Gasteiger partial charge in [-0.05, 0) is 24.6 Å². The fraction of sp³-hybridized carbons (Fsp3) is 0.222. The second-order valence-corrected chi connectivity index (χ2v) is 3.81. The molecule has 1 aromatic rings. The number of carbonyl (C=O) groups is 1. The number of carbonyl (C=O) groups excluding carboxylic acids is 1. The number of hydrogen-bond donors (Lipinski definition) is 3. The number of halogens is 1. The standard InChI is InChI=1S/C9H12BrN3O/c1-6(12-9(14)13-11)7-2-4-8(10)5-3-7/h2-6H,11H2,1H3,(H2,12,13,14). The topological polar surface area (TPSA) is 67.2 Å². The van der Waals surface area contributed by atoms with Crippen molar-refractivity contribution >= 4 is 22.0 Å². The Kier molecular flexibility index (Phi) is 3.91. The first-order chi connectivity index (χ1) is 6.63. The molecule has 14 heavy (non-hydrogen) atoms. The number of hydrogen-bond acceptors (Lipinski definition) is 2. The van der Waals surface area contributed by atoms with Crippen molar-refractivity contribution in [2.24, 2.45) is 5.84 Å². The van der Waals surface area contributed by atoms with E-state index in [0.29, 0.717) is 0 Å². The molecule has 0 fully saturated rings. The summed E-state index contributed by atoms with van der Waals surface area (Å²) in [6.45, 7) is 1.89. The Morgan fingerprint density at radius 2 is 2.00 bits per heavy atom. The molecule has 1 aromatic carbocycles. The van der Waals surface area contributed by atoms with E-state index in [1.54, 1.807) is 0 Å². The minimum Gasteiger partial charge on any atom is -0.331 e. The Bertz CT molecular complexity index is 312. The van der Waals surface area contributed by atoms with Crippen molar-refractivity contribution in [2.45, 2.75) is 13.0 Å².